The minimum Gasteiger partial charge on any atom is -0.490 e. The van der Waals surface area contributed by atoms with Crippen molar-refractivity contribution in [2.75, 3.05) is 29.1 Å². The molecule has 2 amide bonds. The minimum atomic E-state index is -0.615. The average Bonchev–Trinajstić information content (AvgIpc) is 2.82. The molecule has 3 rings (SSSR count). The van der Waals surface area contributed by atoms with Crippen LogP contribution in [0.25, 0.3) is 0 Å². The number of nitrogens with one attached hydrogen (secondary N) is 1. The highest BCUT2D eigenvalue weighted by Crippen LogP contribution is 2.38. The molecule has 0 saturated heterocycles. The van der Waals surface area contributed by atoms with Gasteiger partial charge in [0, 0.05) is 17.1 Å². The average molecular weight is 441 g/mol. The van der Waals surface area contributed by atoms with Crippen molar-refractivity contribution >= 4 is 35.0 Å². The van der Waals surface area contributed by atoms with Crippen molar-refractivity contribution in [2.45, 2.75) is 45.9 Å². The number of carbonyl (C=O) groups excluding carboxylic acids is 2. The van der Waals surface area contributed by atoms with Gasteiger partial charge in [-0.15, -0.1) is 11.8 Å². The zero-order chi connectivity index (χ0) is 22.6. The number of amides is 2. The summed E-state index contributed by atoms with van der Waals surface area (Å²) in [6.07, 6.45) is 0.888. The van der Waals surface area contributed by atoms with Gasteiger partial charge in [0.25, 0.3) is 5.91 Å². The topological polar surface area (TPSA) is 58.6 Å². The van der Waals surface area contributed by atoms with E-state index in [0.29, 0.717) is 41.8 Å². The van der Waals surface area contributed by atoms with Crippen LogP contribution in [0, 0.1) is 11.3 Å². The second-order valence-corrected chi connectivity index (χ2v) is 10.2. The fraction of sp³-hybridized carbons (Fsp3) is 0.440. The SMILES string of the molecule is CCSc1ccccc1C(=O)Nc1ccc2c(c1)N(CCC(C)C)C(=O)C(C)(C)CO2. The summed E-state index contributed by atoms with van der Waals surface area (Å²) in [5.41, 5.74) is 1.39. The highest BCUT2D eigenvalue weighted by molar-refractivity contribution is 7.99. The summed E-state index contributed by atoms with van der Waals surface area (Å²) in [6, 6.07) is 13.1. The Labute approximate surface area is 189 Å². The summed E-state index contributed by atoms with van der Waals surface area (Å²) >= 11 is 1.64. The fourth-order valence-electron chi connectivity index (χ4n) is 3.47. The standard InChI is InChI=1S/C25H32N2O3S/c1-6-31-22-10-8-7-9-19(22)23(28)26-18-11-12-21-20(15-18)27(14-13-17(2)3)24(29)25(4,5)16-30-21/h7-12,15,17H,6,13-14,16H2,1-5H3,(H,26,28). The van der Waals surface area contributed by atoms with Gasteiger partial charge in [-0.25, -0.2) is 0 Å². The van der Waals surface area contributed by atoms with Crippen LogP contribution in [-0.2, 0) is 4.79 Å². The third-order valence-electron chi connectivity index (χ3n) is 5.28. The van der Waals surface area contributed by atoms with E-state index < -0.39 is 5.41 Å². The maximum atomic E-state index is 13.3. The largest absolute Gasteiger partial charge is 0.490 e. The molecule has 2 aromatic rings. The number of anilines is 2. The van der Waals surface area contributed by atoms with E-state index in [1.807, 2.05) is 61.2 Å². The summed E-state index contributed by atoms with van der Waals surface area (Å²) < 4.78 is 5.99. The van der Waals surface area contributed by atoms with Crippen molar-refractivity contribution in [3.8, 4) is 5.75 Å². The molecule has 0 radical (unpaired) electrons. The van der Waals surface area contributed by atoms with Crippen LogP contribution in [0.15, 0.2) is 47.4 Å². The molecule has 31 heavy (non-hydrogen) atoms. The van der Waals surface area contributed by atoms with Crippen LogP contribution in [0.2, 0.25) is 0 Å². The molecular formula is C25H32N2O3S. The highest BCUT2D eigenvalue weighted by atomic mass is 32.2. The van der Waals surface area contributed by atoms with Crippen LogP contribution in [0.5, 0.6) is 5.75 Å². The Balaban J connectivity index is 1.91. The van der Waals surface area contributed by atoms with E-state index in [1.165, 1.54) is 0 Å². The highest BCUT2D eigenvalue weighted by Gasteiger charge is 2.37. The van der Waals surface area contributed by atoms with Crippen LogP contribution in [0.4, 0.5) is 11.4 Å². The third kappa shape index (κ3) is 5.42. The third-order valence-corrected chi connectivity index (χ3v) is 6.24. The summed E-state index contributed by atoms with van der Waals surface area (Å²) in [6.45, 7) is 11.1. The van der Waals surface area contributed by atoms with Gasteiger partial charge >= 0.3 is 0 Å². The first kappa shape index (κ1) is 23.2. The van der Waals surface area contributed by atoms with Crippen molar-refractivity contribution in [3.05, 3.63) is 48.0 Å². The van der Waals surface area contributed by atoms with Crippen LogP contribution in [0.3, 0.4) is 0 Å². The van der Waals surface area contributed by atoms with E-state index in [0.717, 1.165) is 17.1 Å². The minimum absolute atomic E-state index is 0.0417. The molecule has 2 aromatic carbocycles. The second-order valence-electron chi connectivity index (χ2n) is 8.88. The van der Waals surface area contributed by atoms with Crippen LogP contribution in [0.1, 0.15) is 51.4 Å². The Kier molecular flexibility index (Phi) is 7.31. The van der Waals surface area contributed by atoms with Gasteiger partial charge in [0.2, 0.25) is 5.91 Å². The van der Waals surface area contributed by atoms with Gasteiger partial charge < -0.3 is 15.0 Å². The van der Waals surface area contributed by atoms with E-state index in [4.69, 9.17) is 4.74 Å². The van der Waals surface area contributed by atoms with Gasteiger partial charge in [-0.2, -0.15) is 0 Å². The van der Waals surface area contributed by atoms with E-state index in [2.05, 4.69) is 26.1 Å². The Bertz CT molecular complexity index is 956. The smallest absolute Gasteiger partial charge is 0.256 e. The predicted molar refractivity (Wildman–Crippen MR) is 128 cm³/mol. The van der Waals surface area contributed by atoms with E-state index in [9.17, 15) is 9.59 Å². The summed E-state index contributed by atoms with van der Waals surface area (Å²) in [4.78, 5) is 29.0. The first-order valence-corrected chi connectivity index (χ1v) is 11.8. The second kappa shape index (κ2) is 9.77. The molecule has 0 fully saturated rings. The number of rotatable bonds is 7. The van der Waals surface area contributed by atoms with Crippen LogP contribution < -0.4 is 15.0 Å². The summed E-state index contributed by atoms with van der Waals surface area (Å²) in [5, 5.41) is 3.00. The monoisotopic (exact) mass is 440 g/mol. The Morgan fingerprint density at radius 1 is 1.23 bits per heavy atom. The Morgan fingerprint density at radius 3 is 2.68 bits per heavy atom. The molecule has 0 unspecified atom stereocenters. The molecule has 0 bridgehead atoms. The van der Waals surface area contributed by atoms with Crippen molar-refractivity contribution in [1.29, 1.82) is 0 Å². The first-order chi connectivity index (χ1) is 14.7. The molecule has 6 heteroatoms. The molecular weight excluding hydrogens is 408 g/mol. The van der Waals surface area contributed by atoms with Crippen LogP contribution >= 0.6 is 11.8 Å². The number of hydrogen-bond donors (Lipinski definition) is 1. The Hall–Kier alpha value is -2.47. The van der Waals surface area contributed by atoms with Gasteiger partial charge in [0.15, 0.2) is 0 Å². The molecule has 1 aliphatic rings. The Morgan fingerprint density at radius 2 is 1.97 bits per heavy atom. The molecule has 0 aliphatic carbocycles. The van der Waals surface area contributed by atoms with Gasteiger partial charge in [-0.1, -0.05) is 32.9 Å². The summed E-state index contributed by atoms with van der Waals surface area (Å²) in [5.74, 6) is 1.91. The molecule has 0 atom stereocenters. The van der Waals surface area contributed by atoms with Crippen molar-refractivity contribution in [1.82, 2.24) is 0 Å². The lowest BCUT2D eigenvalue weighted by molar-refractivity contribution is -0.127. The maximum Gasteiger partial charge on any atom is 0.256 e. The molecule has 166 valence electrons. The van der Waals surface area contributed by atoms with Crippen molar-refractivity contribution in [3.63, 3.8) is 0 Å². The molecule has 1 aliphatic heterocycles. The molecule has 0 aromatic heterocycles. The van der Waals surface area contributed by atoms with E-state index >= 15 is 0 Å². The van der Waals surface area contributed by atoms with Gasteiger partial charge in [-0.3, -0.25) is 9.59 Å². The lowest BCUT2D eigenvalue weighted by Gasteiger charge is -2.28. The lowest BCUT2D eigenvalue weighted by Crippen LogP contribution is -2.42. The first-order valence-electron chi connectivity index (χ1n) is 10.8. The number of carbonyl (C=O) groups is 2. The van der Waals surface area contributed by atoms with Gasteiger partial charge in [0.05, 0.1) is 16.7 Å². The van der Waals surface area contributed by atoms with Gasteiger partial charge in [0.1, 0.15) is 12.4 Å². The number of thioether (sulfide) groups is 1. The van der Waals surface area contributed by atoms with Gasteiger partial charge in [-0.05, 0) is 62.3 Å². The number of hydrogen-bond acceptors (Lipinski definition) is 4. The lowest BCUT2D eigenvalue weighted by atomic mass is 9.92. The fourth-order valence-corrected chi connectivity index (χ4v) is 4.27. The molecule has 5 nitrogen and oxygen atoms in total. The van der Waals surface area contributed by atoms with E-state index in [1.54, 1.807) is 11.8 Å². The predicted octanol–water partition coefficient (Wildman–Crippen LogP) is 5.85. The number of ether oxygens (including phenoxy) is 1. The summed E-state index contributed by atoms with van der Waals surface area (Å²) in [7, 11) is 0. The maximum absolute atomic E-state index is 13.3. The molecule has 0 spiro atoms. The zero-order valence-corrected chi connectivity index (χ0v) is 19.8. The number of nitrogens with zero attached hydrogens (tertiary/aromatic N) is 1. The molecule has 1 N–H and O–H groups in total. The molecule has 1 heterocycles. The zero-order valence-electron chi connectivity index (χ0n) is 19.0. The van der Waals surface area contributed by atoms with Crippen molar-refractivity contribution < 1.29 is 14.3 Å². The quantitative estimate of drug-likeness (QED) is 0.549. The van der Waals surface area contributed by atoms with E-state index in [-0.39, 0.29) is 11.8 Å². The normalized spacial score (nSPS) is 15.3. The molecule has 0 saturated carbocycles. The van der Waals surface area contributed by atoms with Crippen LogP contribution in [-0.4, -0.2) is 30.7 Å². The van der Waals surface area contributed by atoms with Crippen molar-refractivity contribution in [2.24, 2.45) is 11.3 Å². The number of benzene rings is 2. The number of fused-ring (bicyclic) bond motifs is 1.